The van der Waals surface area contributed by atoms with Crippen molar-refractivity contribution in [1.29, 1.82) is 0 Å². The number of rotatable bonds is 2. The van der Waals surface area contributed by atoms with E-state index in [1.165, 1.54) is 6.92 Å². The fourth-order valence-electron chi connectivity index (χ4n) is 0.186. The van der Waals surface area contributed by atoms with E-state index in [1.54, 1.807) is 5.32 Å². The molecule has 0 bridgehead atoms. The predicted molar refractivity (Wildman–Crippen MR) is 24.0 cm³/mol. The van der Waals surface area contributed by atoms with Gasteiger partial charge in [-0.3, -0.25) is 0 Å². The van der Waals surface area contributed by atoms with Gasteiger partial charge in [-0.2, -0.15) is 8.78 Å². The molecule has 0 aromatic rings. The van der Waals surface area contributed by atoms with Crippen LogP contribution < -0.4 is 5.32 Å². The second kappa shape index (κ2) is 2.55. The highest BCUT2D eigenvalue weighted by atomic mass is 19.3. The van der Waals surface area contributed by atoms with Gasteiger partial charge in [0.05, 0.1) is 0 Å². The Bertz CT molecular complexity index is 70.1. The van der Waals surface area contributed by atoms with E-state index in [1.807, 2.05) is 0 Å². The number of allylic oxidation sites excluding steroid dienone is 1. The Morgan fingerprint density at radius 2 is 2.14 bits per heavy atom. The first-order valence-electron chi connectivity index (χ1n) is 1.83. The Kier molecular flexibility index (Phi) is 2.33. The Hall–Kier alpha value is -0.600. The molecule has 0 unspecified atom stereocenters. The quantitative estimate of drug-likeness (QED) is 0.525. The molecule has 0 saturated carbocycles. The lowest BCUT2D eigenvalue weighted by molar-refractivity contribution is 0.121. The van der Waals surface area contributed by atoms with E-state index in [9.17, 15) is 8.78 Å². The number of hydrogen-bond donors (Lipinski definition) is 1. The zero-order valence-corrected chi connectivity index (χ0v) is 4.04. The maximum absolute atomic E-state index is 11.1. The molecular formula is C4H7F2N. The summed E-state index contributed by atoms with van der Waals surface area (Å²) in [5.41, 5.74) is 0.287. The third-order valence-corrected chi connectivity index (χ3v) is 0.356. The van der Waals surface area contributed by atoms with Crippen molar-refractivity contribution in [2.45, 2.75) is 13.5 Å². The van der Waals surface area contributed by atoms with E-state index in [0.717, 1.165) is 0 Å². The van der Waals surface area contributed by atoms with Gasteiger partial charge < -0.3 is 5.32 Å². The van der Waals surface area contributed by atoms with Crippen molar-refractivity contribution in [1.82, 2.24) is 5.32 Å². The lowest BCUT2D eigenvalue weighted by Crippen LogP contribution is -2.16. The van der Waals surface area contributed by atoms with Gasteiger partial charge in [0.15, 0.2) is 0 Å². The minimum Gasteiger partial charge on any atom is -0.334 e. The summed E-state index contributed by atoms with van der Waals surface area (Å²) in [4.78, 5) is 0. The Balaban J connectivity index is 3.13. The molecule has 1 nitrogen and oxygen atoms in total. The van der Waals surface area contributed by atoms with E-state index in [0.29, 0.717) is 0 Å². The fraction of sp³-hybridized carbons (Fsp3) is 0.500. The SMILES string of the molecule is C=C(C)NC(F)F. The molecule has 0 rings (SSSR count). The molecule has 3 heteroatoms. The topological polar surface area (TPSA) is 12.0 Å². The molecule has 0 amide bonds. The van der Waals surface area contributed by atoms with E-state index in [-0.39, 0.29) is 5.70 Å². The Morgan fingerprint density at radius 1 is 1.71 bits per heavy atom. The molecular weight excluding hydrogens is 100 g/mol. The maximum Gasteiger partial charge on any atom is 0.312 e. The van der Waals surface area contributed by atoms with Crippen LogP contribution in [0, 0.1) is 0 Å². The minimum atomic E-state index is -2.47. The van der Waals surface area contributed by atoms with Gasteiger partial charge in [-0.05, 0) is 6.92 Å². The van der Waals surface area contributed by atoms with Crippen molar-refractivity contribution in [3.05, 3.63) is 12.3 Å². The van der Waals surface area contributed by atoms with E-state index < -0.39 is 6.55 Å². The zero-order chi connectivity index (χ0) is 5.86. The summed E-state index contributed by atoms with van der Waals surface area (Å²) in [6, 6.07) is 0. The number of hydrogen-bond acceptors (Lipinski definition) is 1. The molecule has 0 radical (unpaired) electrons. The van der Waals surface area contributed by atoms with Crippen LogP contribution in [-0.2, 0) is 0 Å². The summed E-state index contributed by atoms with van der Waals surface area (Å²) >= 11 is 0. The summed E-state index contributed by atoms with van der Waals surface area (Å²) in [6.45, 7) is 2.21. The van der Waals surface area contributed by atoms with Crippen molar-refractivity contribution in [2.24, 2.45) is 0 Å². The van der Waals surface area contributed by atoms with Gasteiger partial charge in [0.2, 0.25) is 0 Å². The van der Waals surface area contributed by atoms with Gasteiger partial charge in [-0.15, -0.1) is 0 Å². The molecule has 0 aromatic heterocycles. The van der Waals surface area contributed by atoms with Crippen molar-refractivity contribution in [3.8, 4) is 0 Å². The van der Waals surface area contributed by atoms with Crippen molar-refractivity contribution in [2.75, 3.05) is 0 Å². The molecule has 7 heavy (non-hydrogen) atoms. The Morgan fingerprint density at radius 3 is 2.14 bits per heavy atom. The van der Waals surface area contributed by atoms with Crippen LogP contribution >= 0.6 is 0 Å². The predicted octanol–water partition coefficient (Wildman–Crippen LogP) is 1.33. The monoisotopic (exact) mass is 107 g/mol. The standard InChI is InChI=1S/C4H7F2N/c1-3(2)7-4(5)6/h4,7H,1H2,2H3. The molecule has 0 aliphatic carbocycles. The van der Waals surface area contributed by atoms with Gasteiger partial charge in [-0.25, -0.2) is 0 Å². The molecule has 0 aliphatic heterocycles. The lowest BCUT2D eigenvalue weighted by atomic mass is 10.6. The van der Waals surface area contributed by atoms with Gasteiger partial charge in [-0.1, -0.05) is 6.58 Å². The highest BCUT2D eigenvalue weighted by Gasteiger charge is 1.95. The van der Waals surface area contributed by atoms with Gasteiger partial charge in [0.25, 0.3) is 0 Å². The molecule has 0 aliphatic rings. The third kappa shape index (κ3) is 5.40. The molecule has 42 valence electrons. The molecule has 0 aromatic carbocycles. The largest absolute Gasteiger partial charge is 0.334 e. The molecule has 0 atom stereocenters. The molecule has 1 N–H and O–H groups in total. The number of nitrogens with one attached hydrogen (secondary N) is 1. The van der Waals surface area contributed by atoms with Crippen LogP contribution in [0.1, 0.15) is 6.92 Å². The molecule has 0 spiro atoms. The first kappa shape index (κ1) is 6.40. The van der Waals surface area contributed by atoms with Crippen LogP contribution in [-0.4, -0.2) is 6.55 Å². The summed E-state index contributed by atoms with van der Waals surface area (Å²) in [5, 5.41) is 1.78. The fourth-order valence-corrected chi connectivity index (χ4v) is 0.186. The Labute approximate surface area is 41.0 Å². The second-order valence-electron chi connectivity index (χ2n) is 1.23. The average Bonchev–Trinajstić information content (AvgIpc) is 1.27. The van der Waals surface area contributed by atoms with Crippen LogP contribution in [0.15, 0.2) is 12.3 Å². The maximum atomic E-state index is 11.1. The summed E-state index contributed by atoms with van der Waals surface area (Å²) in [6.07, 6.45) is 0. The molecule has 0 saturated heterocycles. The van der Waals surface area contributed by atoms with Crippen LogP contribution in [0.5, 0.6) is 0 Å². The van der Waals surface area contributed by atoms with E-state index in [4.69, 9.17) is 0 Å². The van der Waals surface area contributed by atoms with E-state index >= 15 is 0 Å². The van der Waals surface area contributed by atoms with Crippen LogP contribution in [0.3, 0.4) is 0 Å². The summed E-state index contributed by atoms with van der Waals surface area (Å²) < 4.78 is 22.2. The van der Waals surface area contributed by atoms with Gasteiger partial charge >= 0.3 is 6.55 Å². The first-order valence-corrected chi connectivity index (χ1v) is 1.83. The lowest BCUT2D eigenvalue weighted by Gasteiger charge is -1.99. The van der Waals surface area contributed by atoms with Crippen LogP contribution in [0.4, 0.5) is 8.78 Å². The average molecular weight is 107 g/mol. The highest BCUT2D eigenvalue weighted by molar-refractivity contribution is 4.83. The number of alkyl halides is 2. The summed E-state index contributed by atoms with van der Waals surface area (Å²) in [5.74, 6) is 0. The van der Waals surface area contributed by atoms with Crippen molar-refractivity contribution in [3.63, 3.8) is 0 Å². The van der Waals surface area contributed by atoms with Crippen molar-refractivity contribution < 1.29 is 8.78 Å². The highest BCUT2D eigenvalue weighted by Crippen LogP contribution is 1.88. The minimum absolute atomic E-state index is 0.287. The van der Waals surface area contributed by atoms with Gasteiger partial charge in [0, 0.05) is 5.70 Å². The number of halogens is 2. The summed E-state index contributed by atoms with van der Waals surface area (Å²) in [7, 11) is 0. The zero-order valence-electron chi connectivity index (χ0n) is 4.04. The molecule has 0 fully saturated rings. The second-order valence-corrected chi connectivity index (χ2v) is 1.23. The van der Waals surface area contributed by atoms with Crippen LogP contribution in [0.25, 0.3) is 0 Å². The van der Waals surface area contributed by atoms with Crippen LogP contribution in [0.2, 0.25) is 0 Å². The molecule has 0 heterocycles. The van der Waals surface area contributed by atoms with Gasteiger partial charge in [0.1, 0.15) is 0 Å². The third-order valence-electron chi connectivity index (χ3n) is 0.356. The van der Waals surface area contributed by atoms with Crippen molar-refractivity contribution >= 4 is 0 Å². The van der Waals surface area contributed by atoms with E-state index in [2.05, 4.69) is 6.58 Å². The normalized spacial score (nSPS) is 9.14. The first-order chi connectivity index (χ1) is 3.13. The smallest absolute Gasteiger partial charge is 0.312 e.